The molecule has 94 valence electrons. The van der Waals surface area contributed by atoms with Crippen molar-refractivity contribution in [3.8, 4) is 5.75 Å². The van der Waals surface area contributed by atoms with Crippen LogP contribution >= 0.6 is 0 Å². The van der Waals surface area contributed by atoms with Gasteiger partial charge in [0.25, 0.3) is 0 Å². The fourth-order valence-corrected chi connectivity index (χ4v) is 2.82. The van der Waals surface area contributed by atoms with Crippen molar-refractivity contribution < 1.29 is 4.74 Å². The summed E-state index contributed by atoms with van der Waals surface area (Å²) in [7, 11) is 1.79. The van der Waals surface area contributed by atoms with Crippen LogP contribution < -0.4 is 10.1 Å². The zero-order chi connectivity index (χ0) is 12.4. The van der Waals surface area contributed by atoms with E-state index in [1.807, 2.05) is 0 Å². The van der Waals surface area contributed by atoms with Crippen molar-refractivity contribution in [2.75, 3.05) is 20.2 Å². The fourth-order valence-electron chi connectivity index (χ4n) is 2.82. The highest BCUT2D eigenvalue weighted by atomic mass is 16.5. The van der Waals surface area contributed by atoms with Gasteiger partial charge in [-0.1, -0.05) is 26.0 Å². The first-order valence-corrected chi connectivity index (χ1v) is 6.53. The van der Waals surface area contributed by atoms with Crippen LogP contribution in [0.2, 0.25) is 0 Å². The minimum atomic E-state index is 0.556. The largest absolute Gasteiger partial charge is 0.496 e. The Kier molecular flexibility index (Phi) is 3.72. The van der Waals surface area contributed by atoms with Gasteiger partial charge in [0.15, 0.2) is 0 Å². The molecule has 0 saturated carbocycles. The van der Waals surface area contributed by atoms with Crippen LogP contribution in [0.3, 0.4) is 0 Å². The van der Waals surface area contributed by atoms with Crippen LogP contribution in [-0.4, -0.2) is 20.2 Å². The number of benzene rings is 1. The summed E-state index contributed by atoms with van der Waals surface area (Å²) >= 11 is 0. The van der Waals surface area contributed by atoms with Crippen LogP contribution in [0.5, 0.6) is 5.75 Å². The van der Waals surface area contributed by atoms with Crippen LogP contribution in [0.1, 0.15) is 48.8 Å². The second-order valence-electron chi connectivity index (χ2n) is 5.26. The van der Waals surface area contributed by atoms with Gasteiger partial charge in [-0.3, -0.25) is 0 Å². The molecule has 1 fully saturated rings. The second kappa shape index (κ2) is 5.09. The maximum atomic E-state index is 5.65. The van der Waals surface area contributed by atoms with Crippen molar-refractivity contribution >= 4 is 0 Å². The minimum absolute atomic E-state index is 0.556. The third-order valence-corrected chi connectivity index (χ3v) is 3.72. The Morgan fingerprint density at radius 2 is 2.12 bits per heavy atom. The first-order chi connectivity index (χ1) is 8.15. The molecule has 2 nitrogen and oxygen atoms in total. The van der Waals surface area contributed by atoms with E-state index in [4.69, 9.17) is 4.74 Å². The SMILES string of the molecule is COc1c(C)ccc(C(C)C)c1C1CCNC1. The first kappa shape index (κ1) is 12.4. The molecule has 1 N–H and O–H groups in total. The van der Waals surface area contributed by atoms with E-state index in [0.29, 0.717) is 11.8 Å². The van der Waals surface area contributed by atoms with Crippen LogP contribution in [0.25, 0.3) is 0 Å². The number of aryl methyl sites for hydroxylation is 1. The summed E-state index contributed by atoms with van der Waals surface area (Å²) in [5.41, 5.74) is 4.13. The van der Waals surface area contributed by atoms with Crippen molar-refractivity contribution in [2.45, 2.75) is 39.0 Å². The normalized spacial score (nSPS) is 19.9. The molecule has 1 heterocycles. The molecule has 1 unspecified atom stereocenters. The van der Waals surface area contributed by atoms with E-state index < -0.39 is 0 Å². The van der Waals surface area contributed by atoms with E-state index in [9.17, 15) is 0 Å². The number of hydrogen-bond acceptors (Lipinski definition) is 2. The first-order valence-electron chi connectivity index (χ1n) is 6.53. The Balaban J connectivity index is 2.53. The zero-order valence-electron chi connectivity index (χ0n) is 11.3. The van der Waals surface area contributed by atoms with E-state index in [1.54, 1.807) is 7.11 Å². The Labute approximate surface area is 104 Å². The Bertz CT molecular complexity index is 392. The molecule has 2 rings (SSSR count). The van der Waals surface area contributed by atoms with Crippen LogP contribution in [0.15, 0.2) is 12.1 Å². The van der Waals surface area contributed by atoms with Crippen LogP contribution in [-0.2, 0) is 0 Å². The summed E-state index contributed by atoms with van der Waals surface area (Å²) < 4.78 is 5.65. The highest BCUT2D eigenvalue weighted by molar-refractivity contribution is 5.49. The van der Waals surface area contributed by atoms with Gasteiger partial charge in [-0.25, -0.2) is 0 Å². The summed E-state index contributed by atoms with van der Waals surface area (Å²) in [4.78, 5) is 0. The van der Waals surface area contributed by atoms with Gasteiger partial charge in [-0.05, 0) is 36.9 Å². The molecule has 0 aromatic heterocycles. The monoisotopic (exact) mass is 233 g/mol. The third kappa shape index (κ3) is 2.32. The van der Waals surface area contributed by atoms with Crippen molar-refractivity contribution in [1.29, 1.82) is 0 Å². The number of hydrogen-bond donors (Lipinski definition) is 1. The quantitative estimate of drug-likeness (QED) is 0.865. The van der Waals surface area contributed by atoms with Gasteiger partial charge in [-0.15, -0.1) is 0 Å². The number of nitrogens with one attached hydrogen (secondary N) is 1. The Morgan fingerprint density at radius 3 is 2.65 bits per heavy atom. The average molecular weight is 233 g/mol. The molecular weight excluding hydrogens is 210 g/mol. The van der Waals surface area contributed by atoms with Gasteiger partial charge in [0.2, 0.25) is 0 Å². The predicted octanol–water partition coefficient (Wildman–Crippen LogP) is 3.20. The third-order valence-electron chi connectivity index (χ3n) is 3.72. The molecule has 1 aliphatic heterocycles. The zero-order valence-corrected chi connectivity index (χ0v) is 11.3. The molecule has 0 aliphatic carbocycles. The fraction of sp³-hybridized carbons (Fsp3) is 0.600. The molecule has 0 spiro atoms. The van der Waals surface area contributed by atoms with Gasteiger partial charge in [0.05, 0.1) is 7.11 Å². The van der Waals surface area contributed by atoms with E-state index in [1.165, 1.54) is 23.1 Å². The van der Waals surface area contributed by atoms with Crippen molar-refractivity contribution in [2.24, 2.45) is 0 Å². The van der Waals surface area contributed by atoms with Crippen molar-refractivity contribution in [1.82, 2.24) is 5.32 Å². The van der Waals surface area contributed by atoms with Crippen LogP contribution in [0.4, 0.5) is 0 Å². The lowest BCUT2D eigenvalue weighted by molar-refractivity contribution is 0.402. The van der Waals surface area contributed by atoms with Crippen LogP contribution in [0, 0.1) is 6.92 Å². The average Bonchev–Trinajstić information content (AvgIpc) is 2.81. The predicted molar refractivity (Wildman–Crippen MR) is 72.0 cm³/mol. The number of ether oxygens (including phenoxy) is 1. The Morgan fingerprint density at radius 1 is 1.35 bits per heavy atom. The topological polar surface area (TPSA) is 21.3 Å². The van der Waals surface area contributed by atoms with Gasteiger partial charge >= 0.3 is 0 Å². The van der Waals surface area contributed by atoms with Gasteiger partial charge in [0, 0.05) is 18.0 Å². The molecule has 1 saturated heterocycles. The molecule has 0 amide bonds. The summed E-state index contributed by atoms with van der Waals surface area (Å²) in [6.45, 7) is 8.86. The molecule has 17 heavy (non-hydrogen) atoms. The lowest BCUT2D eigenvalue weighted by atomic mass is 9.86. The van der Waals surface area contributed by atoms with Crippen molar-refractivity contribution in [3.63, 3.8) is 0 Å². The highest BCUT2D eigenvalue weighted by Gasteiger charge is 2.25. The highest BCUT2D eigenvalue weighted by Crippen LogP contribution is 2.38. The molecule has 1 aromatic carbocycles. The molecule has 0 radical (unpaired) electrons. The minimum Gasteiger partial charge on any atom is -0.496 e. The summed E-state index contributed by atoms with van der Waals surface area (Å²) in [6.07, 6.45) is 1.22. The van der Waals surface area contributed by atoms with E-state index >= 15 is 0 Å². The second-order valence-corrected chi connectivity index (χ2v) is 5.26. The summed E-state index contributed by atoms with van der Waals surface area (Å²) in [6, 6.07) is 4.45. The molecule has 0 bridgehead atoms. The molecule has 2 heteroatoms. The Hall–Kier alpha value is -1.02. The maximum Gasteiger partial charge on any atom is 0.125 e. The molecule has 1 aromatic rings. The van der Waals surface area contributed by atoms with E-state index in [0.717, 1.165) is 18.8 Å². The maximum absolute atomic E-state index is 5.65. The summed E-state index contributed by atoms with van der Waals surface area (Å²) in [5, 5.41) is 3.45. The number of methoxy groups -OCH3 is 1. The van der Waals surface area contributed by atoms with Gasteiger partial charge < -0.3 is 10.1 Å². The number of rotatable bonds is 3. The molecule has 1 aliphatic rings. The molecule has 1 atom stereocenters. The smallest absolute Gasteiger partial charge is 0.125 e. The lowest BCUT2D eigenvalue weighted by Gasteiger charge is -2.22. The van der Waals surface area contributed by atoms with Gasteiger partial charge in [0.1, 0.15) is 5.75 Å². The standard InChI is InChI=1S/C15H23NO/c1-10(2)13-6-5-11(3)15(17-4)14(13)12-7-8-16-9-12/h5-6,10,12,16H,7-9H2,1-4H3. The van der Waals surface area contributed by atoms with E-state index in [2.05, 4.69) is 38.2 Å². The van der Waals surface area contributed by atoms with Crippen molar-refractivity contribution in [3.05, 3.63) is 28.8 Å². The van der Waals surface area contributed by atoms with Gasteiger partial charge in [-0.2, -0.15) is 0 Å². The lowest BCUT2D eigenvalue weighted by Crippen LogP contribution is -2.11. The molecular formula is C15H23NO. The van der Waals surface area contributed by atoms with E-state index in [-0.39, 0.29) is 0 Å². The summed E-state index contributed by atoms with van der Waals surface area (Å²) in [5.74, 6) is 2.27.